The summed E-state index contributed by atoms with van der Waals surface area (Å²) in [5, 5.41) is 3.09. The number of ketones is 1. The number of hydrogen-bond donors (Lipinski definition) is 1. The van der Waals surface area contributed by atoms with E-state index in [0.29, 0.717) is 13.0 Å². The summed E-state index contributed by atoms with van der Waals surface area (Å²) >= 11 is 0. The lowest BCUT2D eigenvalue weighted by Gasteiger charge is -2.39. The second kappa shape index (κ2) is 6.14. The number of hydrogen-bond acceptors (Lipinski definition) is 3. The lowest BCUT2D eigenvalue weighted by Crippen LogP contribution is -2.52. The number of amides is 1. The number of carbonyl (C=O) groups is 2. The highest BCUT2D eigenvalue weighted by Crippen LogP contribution is 2.48. The smallest absolute Gasteiger partial charge is 0.232 e. The van der Waals surface area contributed by atoms with Gasteiger partial charge in [0.2, 0.25) is 5.91 Å². The highest BCUT2D eigenvalue weighted by Gasteiger charge is 2.60. The molecule has 4 nitrogen and oxygen atoms in total. The molecule has 5 atom stereocenters. The Bertz CT molecular complexity index is 606. The van der Waals surface area contributed by atoms with E-state index in [1.54, 1.807) is 0 Å². The molecule has 1 saturated carbocycles. The molecular formula is C20H29NO3. The lowest BCUT2D eigenvalue weighted by molar-refractivity contribution is -0.134. The highest BCUT2D eigenvalue weighted by atomic mass is 16.5. The van der Waals surface area contributed by atoms with E-state index in [1.807, 2.05) is 13.8 Å². The lowest BCUT2D eigenvalue weighted by atomic mass is 9.62. The van der Waals surface area contributed by atoms with Crippen molar-refractivity contribution < 1.29 is 14.3 Å². The average Bonchev–Trinajstić information content (AvgIpc) is 2.75. The van der Waals surface area contributed by atoms with Crippen LogP contribution < -0.4 is 5.32 Å². The van der Waals surface area contributed by atoms with Crippen molar-refractivity contribution in [3.8, 4) is 0 Å². The Labute approximate surface area is 144 Å². The Kier molecular flexibility index (Phi) is 4.45. The molecule has 1 heterocycles. The van der Waals surface area contributed by atoms with E-state index in [1.165, 1.54) is 0 Å². The summed E-state index contributed by atoms with van der Waals surface area (Å²) in [7, 11) is 0. The summed E-state index contributed by atoms with van der Waals surface area (Å²) < 4.78 is 5.77. The fourth-order valence-electron chi connectivity index (χ4n) is 4.79. The summed E-state index contributed by atoms with van der Waals surface area (Å²) in [4.78, 5) is 26.3. The second-order valence-electron chi connectivity index (χ2n) is 7.94. The van der Waals surface area contributed by atoms with E-state index >= 15 is 0 Å². The third kappa shape index (κ3) is 2.65. The van der Waals surface area contributed by atoms with Crippen LogP contribution in [0, 0.1) is 17.3 Å². The first-order valence-electron chi connectivity index (χ1n) is 9.18. The standard InChI is InChI=1S/C20H29NO3/c1-5-24-15-7-6-10-20(12-15)17(22)16(18(23)21-20)19(4)11-13(2)8-9-14(19)3/h8-9,11,14-16H,5-7,10,12H2,1-4H3,(H,21,23). The molecule has 2 aliphatic carbocycles. The first kappa shape index (κ1) is 17.4. The van der Waals surface area contributed by atoms with Crippen molar-refractivity contribution >= 4 is 11.7 Å². The van der Waals surface area contributed by atoms with Gasteiger partial charge in [0.25, 0.3) is 0 Å². The van der Waals surface area contributed by atoms with E-state index in [-0.39, 0.29) is 23.7 Å². The van der Waals surface area contributed by atoms with Crippen molar-refractivity contribution in [2.75, 3.05) is 6.61 Å². The fourth-order valence-corrected chi connectivity index (χ4v) is 4.79. The van der Waals surface area contributed by atoms with E-state index in [4.69, 9.17) is 4.74 Å². The number of rotatable bonds is 3. The minimum absolute atomic E-state index is 0.0699. The number of allylic oxidation sites excluding steroid dienone is 4. The Balaban J connectivity index is 1.91. The Morgan fingerprint density at radius 2 is 2.12 bits per heavy atom. The van der Waals surface area contributed by atoms with Crippen LogP contribution in [0.25, 0.3) is 0 Å². The van der Waals surface area contributed by atoms with Gasteiger partial charge in [-0.25, -0.2) is 0 Å². The zero-order valence-electron chi connectivity index (χ0n) is 15.2. The molecule has 24 heavy (non-hydrogen) atoms. The van der Waals surface area contributed by atoms with Crippen molar-refractivity contribution in [2.24, 2.45) is 17.3 Å². The molecule has 3 rings (SSSR count). The van der Waals surface area contributed by atoms with Crippen LogP contribution in [0.3, 0.4) is 0 Å². The predicted octanol–water partition coefficient (Wildman–Crippen LogP) is 3.18. The topological polar surface area (TPSA) is 55.4 Å². The summed E-state index contributed by atoms with van der Waals surface area (Å²) in [6.45, 7) is 8.79. The fraction of sp³-hybridized carbons (Fsp3) is 0.700. The quantitative estimate of drug-likeness (QED) is 0.808. The van der Waals surface area contributed by atoms with Crippen LogP contribution in [0.4, 0.5) is 0 Å². The number of carbonyl (C=O) groups excluding carboxylic acids is 2. The molecule has 0 aromatic rings. The average molecular weight is 331 g/mol. The molecular weight excluding hydrogens is 302 g/mol. The molecule has 132 valence electrons. The predicted molar refractivity (Wildman–Crippen MR) is 93.4 cm³/mol. The maximum absolute atomic E-state index is 13.4. The zero-order chi connectivity index (χ0) is 17.5. The van der Waals surface area contributed by atoms with E-state index in [2.05, 4.69) is 37.4 Å². The van der Waals surface area contributed by atoms with Gasteiger partial charge in [0, 0.05) is 18.4 Å². The molecule has 0 aromatic carbocycles. The van der Waals surface area contributed by atoms with Crippen molar-refractivity contribution in [1.82, 2.24) is 5.32 Å². The minimum atomic E-state index is -0.717. The van der Waals surface area contributed by atoms with Crippen LogP contribution >= 0.6 is 0 Å². The number of nitrogens with one attached hydrogen (secondary N) is 1. The van der Waals surface area contributed by atoms with Gasteiger partial charge in [-0.1, -0.05) is 37.6 Å². The van der Waals surface area contributed by atoms with Gasteiger partial charge in [0.15, 0.2) is 5.78 Å². The molecule has 2 fully saturated rings. The minimum Gasteiger partial charge on any atom is -0.378 e. The molecule has 4 heteroatoms. The molecule has 1 aliphatic heterocycles. The Hall–Kier alpha value is -1.42. The molecule has 0 radical (unpaired) electrons. The molecule has 1 saturated heterocycles. The van der Waals surface area contributed by atoms with Crippen molar-refractivity contribution in [3.63, 3.8) is 0 Å². The van der Waals surface area contributed by atoms with Gasteiger partial charge in [-0.3, -0.25) is 9.59 Å². The number of ether oxygens (including phenoxy) is 1. The van der Waals surface area contributed by atoms with Crippen LogP contribution in [-0.2, 0) is 14.3 Å². The van der Waals surface area contributed by atoms with Crippen molar-refractivity contribution in [2.45, 2.75) is 65.0 Å². The normalized spacial score (nSPS) is 42.3. The Morgan fingerprint density at radius 1 is 1.38 bits per heavy atom. The van der Waals surface area contributed by atoms with Crippen molar-refractivity contribution in [1.29, 1.82) is 0 Å². The van der Waals surface area contributed by atoms with Gasteiger partial charge in [0.05, 0.1) is 6.10 Å². The summed E-state index contributed by atoms with van der Waals surface area (Å²) in [5.41, 5.74) is -0.0546. The summed E-state index contributed by atoms with van der Waals surface area (Å²) in [6.07, 6.45) is 9.62. The van der Waals surface area contributed by atoms with Crippen LogP contribution in [0.5, 0.6) is 0 Å². The SMILES string of the molecule is CCOC1CCCC2(C1)NC(=O)C(C1(C)C=C(C)C=CC1C)C2=O. The van der Waals surface area contributed by atoms with Gasteiger partial charge in [-0.15, -0.1) is 0 Å². The molecule has 0 bridgehead atoms. The summed E-state index contributed by atoms with van der Waals surface area (Å²) in [5.74, 6) is -0.480. The molecule has 0 aromatic heterocycles. The van der Waals surface area contributed by atoms with Crippen molar-refractivity contribution in [3.05, 3.63) is 23.8 Å². The first-order valence-corrected chi connectivity index (χ1v) is 9.18. The monoisotopic (exact) mass is 331 g/mol. The van der Waals surface area contributed by atoms with E-state index in [0.717, 1.165) is 24.8 Å². The van der Waals surface area contributed by atoms with E-state index in [9.17, 15) is 9.59 Å². The maximum Gasteiger partial charge on any atom is 0.232 e. The second-order valence-corrected chi connectivity index (χ2v) is 7.94. The Morgan fingerprint density at radius 3 is 2.83 bits per heavy atom. The molecule has 5 unspecified atom stereocenters. The maximum atomic E-state index is 13.4. The molecule has 1 amide bonds. The van der Waals surface area contributed by atoms with Crippen LogP contribution in [0.15, 0.2) is 23.8 Å². The first-order chi connectivity index (χ1) is 11.3. The van der Waals surface area contributed by atoms with E-state index < -0.39 is 16.9 Å². The molecule has 1 spiro atoms. The largest absolute Gasteiger partial charge is 0.378 e. The summed E-state index contributed by atoms with van der Waals surface area (Å²) in [6, 6.07) is 0. The van der Waals surface area contributed by atoms with Gasteiger partial charge >= 0.3 is 0 Å². The van der Waals surface area contributed by atoms with Crippen LogP contribution in [0.1, 0.15) is 53.4 Å². The third-order valence-corrected chi connectivity index (χ3v) is 6.26. The van der Waals surface area contributed by atoms with Crippen LogP contribution in [0.2, 0.25) is 0 Å². The van der Waals surface area contributed by atoms with Gasteiger partial charge in [0.1, 0.15) is 11.5 Å². The molecule has 3 aliphatic rings. The molecule has 1 N–H and O–H groups in total. The van der Waals surface area contributed by atoms with Gasteiger partial charge < -0.3 is 10.1 Å². The van der Waals surface area contributed by atoms with Gasteiger partial charge in [-0.2, -0.15) is 0 Å². The van der Waals surface area contributed by atoms with Gasteiger partial charge in [-0.05, 0) is 39.0 Å². The third-order valence-electron chi connectivity index (χ3n) is 6.26. The highest BCUT2D eigenvalue weighted by molar-refractivity contribution is 6.14. The van der Waals surface area contributed by atoms with Crippen LogP contribution in [-0.4, -0.2) is 29.9 Å². The number of Topliss-reactive ketones (excluding diaryl/α,β-unsaturated/α-hetero) is 1. The zero-order valence-corrected chi connectivity index (χ0v) is 15.2.